The lowest BCUT2D eigenvalue weighted by Crippen LogP contribution is -2.63. The number of rotatable bonds is 4. The Morgan fingerprint density at radius 3 is 2.41 bits per heavy atom. The van der Waals surface area contributed by atoms with Crippen molar-refractivity contribution >= 4 is 11.8 Å². The molecule has 5 aliphatic rings. The van der Waals surface area contributed by atoms with Crippen molar-refractivity contribution < 1.29 is 14.6 Å². The molecule has 1 heterocycles. The summed E-state index contributed by atoms with van der Waals surface area (Å²) >= 11 is 2.03. The number of aliphatic hydroxyl groups is 1. The van der Waals surface area contributed by atoms with Crippen LogP contribution in [-0.2, 0) is 9.47 Å². The van der Waals surface area contributed by atoms with Gasteiger partial charge in [-0.3, -0.25) is 0 Å². The van der Waals surface area contributed by atoms with Gasteiger partial charge in [0.25, 0.3) is 0 Å². The van der Waals surface area contributed by atoms with Gasteiger partial charge < -0.3 is 14.6 Å². The van der Waals surface area contributed by atoms with Gasteiger partial charge in [0.05, 0.1) is 18.8 Å². The summed E-state index contributed by atoms with van der Waals surface area (Å²) in [4.78, 5) is 1.32. The monoisotopic (exact) mass is 454 g/mol. The third kappa shape index (κ3) is 2.56. The van der Waals surface area contributed by atoms with E-state index >= 15 is 0 Å². The van der Waals surface area contributed by atoms with Crippen LogP contribution in [0.15, 0.2) is 47.9 Å². The smallest absolute Gasteiger partial charge is 0.171 e. The predicted octanol–water partition coefficient (Wildman–Crippen LogP) is 6.21. The number of hydrogen-bond donors (Lipinski definition) is 1. The van der Waals surface area contributed by atoms with Crippen molar-refractivity contribution in [1.29, 1.82) is 0 Å². The number of hydrogen-bond acceptors (Lipinski definition) is 4. The van der Waals surface area contributed by atoms with Gasteiger partial charge in [0.1, 0.15) is 0 Å². The van der Waals surface area contributed by atoms with E-state index in [4.69, 9.17) is 9.47 Å². The molecule has 0 aromatic heterocycles. The molecule has 6 atom stereocenters. The zero-order chi connectivity index (χ0) is 22.2. The second-order valence-corrected chi connectivity index (χ2v) is 12.8. The minimum Gasteiger partial charge on any atom is -0.389 e. The van der Waals surface area contributed by atoms with Crippen LogP contribution in [0.4, 0.5) is 0 Å². The van der Waals surface area contributed by atoms with Crippen LogP contribution in [0.2, 0.25) is 0 Å². The highest BCUT2D eigenvalue weighted by Crippen LogP contribution is 2.83. The standard InChI is InChI=1S/C28H38O3S/c1-4-11-27(29)22-24(3,14-15-25(22)16-17-25)23(32-21-9-6-5-7-10-21)26(27)12-8-13-28(20(26)2)30-18-19-31-28/h4-7,9-10,20,22-23,29H,1,8,11-19H2,2-3H3/t20-,22-,23-,24-,26+,27+/m1/s1. The summed E-state index contributed by atoms with van der Waals surface area (Å²) < 4.78 is 12.8. The summed E-state index contributed by atoms with van der Waals surface area (Å²) in [5.41, 5.74) is -0.613. The third-order valence-electron chi connectivity index (χ3n) is 10.5. The van der Waals surface area contributed by atoms with Gasteiger partial charge in [0.15, 0.2) is 5.79 Å². The number of thioether (sulfide) groups is 1. The van der Waals surface area contributed by atoms with E-state index < -0.39 is 11.4 Å². The van der Waals surface area contributed by atoms with Gasteiger partial charge in [0, 0.05) is 33.8 Å². The Bertz CT molecular complexity index is 891. The molecule has 4 aliphatic carbocycles. The Morgan fingerprint density at radius 2 is 1.75 bits per heavy atom. The fraction of sp³-hybridized carbons (Fsp3) is 0.714. The van der Waals surface area contributed by atoms with Gasteiger partial charge in [0.2, 0.25) is 0 Å². The molecular formula is C28H38O3S. The van der Waals surface area contributed by atoms with Crippen LogP contribution in [0.3, 0.4) is 0 Å². The maximum Gasteiger partial charge on any atom is 0.171 e. The molecule has 6 rings (SSSR count). The molecular weight excluding hydrogens is 416 g/mol. The first-order valence-corrected chi connectivity index (χ1v) is 13.6. The highest BCUT2D eigenvalue weighted by Gasteiger charge is 2.82. The molecule has 0 radical (unpaired) electrons. The fourth-order valence-corrected chi connectivity index (χ4v) is 11.1. The zero-order valence-electron chi connectivity index (χ0n) is 19.6. The molecule has 0 bridgehead atoms. The maximum absolute atomic E-state index is 13.0. The summed E-state index contributed by atoms with van der Waals surface area (Å²) in [6, 6.07) is 10.9. The summed E-state index contributed by atoms with van der Waals surface area (Å²) in [6.07, 6.45) is 10.7. The van der Waals surface area contributed by atoms with Crippen LogP contribution >= 0.6 is 11.8 Å². The van der Waals surface area contributed by atoms with Crippen molar-refractivity contribution in [3.63, 3.8) is 0 Å². The topological polar surface area (TPSA) is 38.7 Å². The summed E-state index contributed by atoms with van der Waals surface area (Å²) in [5.74, 6) is -0.0921. The molecule has 1 aliphatic heterocycles. The number of benzene rings is 1. The molecule has 1 aromatic carbocycles. The lowest BCUT2D eigenvalue weighted by molar-refractivity contribution is -0.271. The summed E-state index contributed by atoms with van der Waals surface area (Å²) in [5, 5.41) is 13.4. The van der Waals surface area contributed by atoms with Gasteiger partial charge in [-0.1, -0.05) is 38.1 Å². The highest BCUT2D eigenvalue weighted by molar-refractivity contribution is 8.00. The predicted molar refractivity (Wildman–Crippen MR) is 128 cm³/mol. The second-order valence-electron chi connectivity index (χ2n) is 11.7. The molecule has 1 N–H and O–H groups in total. The van der Waals surface area contributed by atoms with Crippen molar-refractivity contribution in [2.45, 2.75) is 86.7 Å². The first-order chi connectivity index (χ1) is 15.4. The van der Waals surface area contributed by atoms with E-state index in [1.54, 1.807) is 0 Å². The number of fused-ring (bicyclic) bond motifs is 2. The lowest BCUT2D eigenvalue weighted by Gasteiger charge is -2.58. The van der Waals surface area contributed by atoms with Crippen molar-refractivity contribution in [2.24, 2.45) is 28.1 Å². The molecule has 3 nitrogen and oxygen atoms in total. The Hall–Kier alpha value is -0.810. The summed E-state index contributed by atoms with van der Waals surface area (Å²) in [6.45, 7) is 10.3. The molecule has 0 amide bonds. The Kier molecular flexibility index (Phi) is 4.82. The molecule has 4 heteroatoms. The van der Waals surface area contributed by atoms with Crippen molar-refractivity contribution in [1.82, 2.24) is 0 Å². The Morgan fingerprint density at radius 1 is 1.06 bits per heavy atom. The van der Waals surface area contributed by atoms with Crippen molar-refractivity contribution in [3.8, 4) is 0 Å². The minimum atomic E-state index is -0.773. The normalized spacial score (nSPS) is 45.5. The molecule has 3 spiro atoms. The van der Waals surface area contributed by atoms with E-state index in [1.165, 1.54) is 30.6 Å². The van der Waals surface area contributed by atoms with Gasteiger partial charge in [-0.2, -0.15) is 0 Å². The van der Waals surface area contributed by atoms with Crippen LogP contribution in [0.5, 0.6) is 0 Å². The first kappa shape index (κ1) is 21.7. The SMILES string of the molecule is C=CC[C@]1(O)[C@H]2C3(CC3)CC[C@@]2(C)[C@@H](Sc2ccccc2)[C@@]12CCCC1(OCCO1)[C@@H]2C. The third-order valence-corrected chi connectivity index (χ3v) is 12.2. The van der Waals surface area contributed by atoms with Crippen LogP contribution in [0.1, 0.15) is 65.2 Å². The van der Waals surface area contributed by atoms with E-state index in [9.17, 15) is 5.11 Å². The average Bonchev–Trinajstić information content (AvgIpc) is 3.22. The van der Waals surface area contributed by atoms with Crippen molar-refractivity contribution in [3.05, 3.63) is 43.0 Å². The van der Waals surface area contributed by atoms with Gasteiger partial charge >= 0.3 is 0 Å². The quantitative estimate of drug-likeness (QED) is 0.549. The molecule has 4 saturated carbocycles. The lowest BCUT2D eigenvalue weighted by atomic mass is 9.54. The van der Waals surface area contributed by atoms with Crippen LogP contribution < -0.4 is 0 Å². The zero-order valence-corrected chi connectivity index (χ0v) is 20.5. The van der Waals surface area contributed by atoms with E-state index in [0.717, 1.165) is 19.3 Å². The van der Waals surface area contributed by atoms with Crippen molar-refractivity contribution in [2.75, 3.05) is 13.2 Å². The fourth-order valence-electron chi connectivity index (χ4n) is 9.29. The molecule has 0 unspecified atom stereocenters. The molecule has 5 fully saturated rings. The van der Waals surface area contributed by atoms with E-state index in [2.05, 4.69) is 50.8 Å². The van der Waals surface area contributed by atoms with Crippen LogP contribution in [-0.4, -0.2) is 35.0 Å². The maximum atomic E-state index is 13.0. The van der Waals surface area contributed by atoms with Gasteiger partial charge in [-0.15, -0.1) is 18.3 Å². The van der Waals surface area contributed by atoms with E-state index in [1.807, 2.05) is 17.8 Å². The Labute approximate surface area is 197 Å². The molecule has 1 aromatic rings. The molecule has 174 valence electrons. The highest BCUT2D eigenvalue weighted by atomic mass is 32.2. The van der Waals surface area contributed by atoms with Crippen LogP contribution in [0, 0.1) is 28.1 Å². The van der Waals surface area contributed by atoms with Gasteiger partial charge in [-0.25, -0.2) is 0 Å². The first-order valence-electron chi connectivity index (χ1n) is 12.7. The minimum absolute atomic E-state index is 0.0974. The largest absolute Gasteiger partial charge is 0.389 e. The van der Waals surface area contributed by atoms with Gasteiger partial charge in [-0.05, 0) is 67.9 Å². The molecule has 1 saturated heterocycles. The second kappa shape index (κ2) is 7.10. The summed E-state index contributed by atoms with van der Waals surface area (Å²) in [7, 11) is 0. The van der Waals surface area contributed by atoms with E-state index in [-0.39, 0.29) is 16.7 Å². The number of ether oxygens (including phenoxy) is 2. The molecule has 32 heavy (non-hydrogen) atoms. The van der Waals surface area contributed by atoms with Crippen LogP contribution in [0.25, 0.3) is 0 Å². The average molecular weight is 455 g/mol. The Balaban J connectivity index is 1.55. The van der Waals surface area contributed by atoms with E-state index in [0.29, 0.717) is 36.2 Å².